The number of aromatic nitrogens is 22. The van der Waals surface area contributed by atoms with E-state index < -0.39 is 0 Å². The Morgan fingerprint density at radius 3 is 1.23 bits per heavy atom. The van der Waals surface area contributed by atoms with Crippen molar-refractivity contribution in [1.29, 1.82) is 0 Å². The molecule has 147 heavy (non-hydrogen) atoms. The van der Waals surface area contributed by atoms with Gasteiger partial charge in [-0.25, -0.2) is 44.0 Å². The van der Waals surface area contributed by atoms with Crippen LogP contribution in [0.4, 0.5) is 4.39 Å². The van der Waals surface area contributed by atoms with Crippen LogP contribution in [0.3, 0.4) is 0 Å². The van der Waals surface area contributed by atoms with Crippen molar-refractivity contribution in [2.24, 2.45) is 0 Å². The highest BCUT2D eigenvalue weighted by Crippen LogP contribution is 2.36. The molecule has 0 atom stereocenters. The number of pyridine rings is 5. The third-order valence-corrected chi connectivity index (χ3v) is 25.1. The maximum absolute atomic E-state index is 14.2. The molecule has 13 heterocycles. The number of halogens is 2. The second-order valence-corrected chi connectivity index (χ2v) is 43.8. The van der Waals surface area contributed by atoms with Gasteiger partial charge in [0.15, 0.2) is 46.1 Å². The van der Waals surface area contributed by atoms with Crippen LogP contribution in [0.5, 0.6) is 0 Å². The molecule has 0 spiro atoms. The lowest BCUT2D eigenvalue weighted by Crippen LogP contribution is -2.11. The Morgan fingerprint density at radius 1 is 0.320 bits per heavy atom. The molecule has 0 aliphatic heterocycles. The summed E-state index contributed by atoms with van der Waals surface area (Å²) in [7, 11) is 0. The van der Waals surface area contributed by atoms with Crippen LogP contribution in [0.15, 0.2) is 346 Å². The molecule has 13 aromatic heterocycles. The first kappa shape index (κ1) is 105. The van der Waals surface area contributed by atoms with Gasteiger partial charge in [0.25, 0.3) is 5.56 Å². The number of aromatic amines is 1. The lowest BCUT2D eigenvalue weighted by atomic mass is 9.86. The van der Waals surface area contributed by atoms with E-state index in [1.807, 2.05) is 155 Å². The van der Waals surface area contributed by atoms with E-state index in [1.54, 1.807) is 72.0 Å². The number of benzene rings is 8. The molecule has 0 radical (unpaired) electrons. The zero-order valence-corrected chi connectivity index (χ0v) is 88.6. The minimum absolute atomic E-state index is 0.0678. The van der Waals surface area contributed by atoms with Crippen molar-refractivity contribution >= 4 is 39.6 Å². The van der Waals surface area contributed by atoms with Crippen molar-refractivity contribution in [1.82, 2.24) is 109 Å². The fourth-order valence-corrected chi connectivity index (χ4v) is 16.1. The third-order valence-electron chi connectivity index (χ3n) is 24.9. The monoisotopic (exact) mass is 1970 g/mol. The average Bonchev–Trinajstić information content (AvgIpc) is 1.63. The molecule has 744 valence electrons. The van der Waals surface area contributed by atoms with E-state index in [-0.39, 0.29) is 49.3 Å². The Morgan fingerprint density at radius 2 is 0.748 bits per heavy atom. The Hall–Kier alpha value is -16.3. The zero-order valence-electron chi connectivity index (χ0n) is 87.9. The molecule has 0 saturated carbocycles. The first-order chi connectivity index (χ1) is 69.8. The normalized spacial score (nSPS) is 11.7. The molecule has 0 amide bonds. The molecule has 0 aliphatic rings. The van der Waals surface area contributed by atoms with Crippen molar-refractivity contribution in [2.75, 3.05) is 0 Å². The van der Waals surface area contributed by atoms with E-state index >= 15 is 0 Å². The molecular weight excluding hydrogens is 1840 g/mol. The minimum Gasteiger partial charge on any atom is -0.328 e. The summed E-state index contributed by atoms with van der Waals surface area (Å²) in [5.41, 5.74) is 28.2. The van der Waals surface area contributed by atoms with E-state index in [1.165, 1.54) is 50.7 Å². The lowest BCUT2D eigenvalue weighted by molar-refractivity contribution is 0.589. The quantitative estimate of drug-likeness (QED) is 0.133. The summed E-state index contributed by atoms with van der Waals surface area (Å²) in [6.45, 7) is 50.1. The number of nitrogens with zero attached hydrogens (tertiary/aromatic N) is 21. The Labute approximate surface area is 864 Å². The third kappa shape index (κ3) is 26.6. The standard InChI is InChI=1S/C21H20N4.C19H18FN3.C19H19N3O.C17H19N3.C16H17N3.C15H15ClN4.C15H18N2/c1-21(2,3)18-8-6-15(7-9-18)20-24-23-19-13-16(10-12-25(19)20)17-5-4-11-22-14-17;1-19(2,3)14-7-5-13(6-8-14)15-11-17(23-12-16(15)20)18-21-9-4-10-22-18;1-19(2,3)15-7-5-13(6-8-15)16-11-14(12-22-18(16)23)17-20-9-4-10-21-17;1-12-9-10-20-15(11-12)18-19-16(20)13-5-7-14(8-6-13)17(2,3)4;1-16(2,3)12-8-10-13(11-9-12)19-15-7-5-4-6-14(15)17-18-19;1-15(2,3)11-6-4-10(5-7-11)14-18-17-13-9-8-12(16)19-20(13)14;1-11-16-9-13(10-17-11)12-5-7-14(8-6-12)15(2,3)4/h4-14H,1-3H3;4-12H,1-3H3;4-12H,1-3H3,(H,22,23);5-11H,1-4H3;4-11H,1-3H3;4-9H,1-3H3;5-10H,1-4H3. The maximum atomic E-state index is 14.2. The van der Waals surface area contributed by atoms with Crippen LogP contribution in [0.1, 0.15) is 196 Å². The summed E-state index contributed by atoms with van der Waals surface area (Å²) in [6.07, 6.45) is 20.9. The van der Waals surface area contributed by atoms with Gasteiger partial charge < -0.3 is 4.98 Å². The number of H-pyrrole nitrogens is 1. The Bertz CT molecular complexity index is 8050. The van der Waals surface area contributed by atoms with Gasteiger partial charge in [-0.1, -0.05) is 338 Å². The Balaban J connectivity index is 0.000000129. The van der Waals surface area contributed by atoms with E-state index in [0.717, 1.165) is 101 Å². The van der Waals surface area contributed by atoms with Gasteiger partial charge in [0.05, 0.1) is 17.4 Å². The number of aryl methyl sites for hydroxylation is 2. The fraction of sp³-hybridized carbons (Fsp3) is 0.246. The molecule has 1 N–H and O–H groups in total. The predicted molar refractivity (Wildman–Crippen MR) is 592 cm³/mol. The molecule has 0 unspecified atom stereocenters. The molecule has 0 fully saturated rings. The van der Waals surface area contributed by atoms with Crippen LogP contribution in [-0.4, -0.2) is 109 Å². The predicted octanol–water partition coefficient (Wildman–Crippen LogP) is 28.4. The van der Waals surface area contributed by atoms with Gasteiger partial charge in [0.2, 0.25) is 0 Å². The minimum atomic E-state index is -0.354. The molecule has 25 heteroatoms. The SMILES string of the molecule is CC(C)(C)c1ccc(-c2cc(-c3ncccn3)c[nH]c2=O)cc1.CC(C)(C)c1ccc(-c2cc(-c3ncccn3)ncc2F)cc1.CC(C)(C)c1ccc(-c2nnc3cc(-c4cccnc4)ccn23)cc1.CC(C)(C)c1ccc(-c2nnc3ccc(Cl)nn23)cc1.CC(C)(C)c1ccc(-n2nnc3ccccc32)cc1.Cc1ccn2c(-c3ccc(C(C)(C)C)cc3)nnc2c1.Cc1ncc(-c2ccc(C(C)(C)C)cc2)cn1. The van der Waals surface area contributed by atoms with E-state index in [0.29, 0.717) is 45.1 Å². The van der Waals surface area contributed by atoms with Gasteiger partial charge in [-0.3, -0.25) is 18.6 Å². The van der Waals surface area contributed by atoms with Crippen molar-refractivity contribution in [2.45, 2.75) is 197 Å². The van der Waals surface area contributed by atoms with Crippen LogP contribution in [0.25, 0.3) is 135 Å². The second-order valence-electron chi connectivity index (χ2n) is 43.4. The van der Waals surface area contributed by atoms with Gasteiger partial charge in [-0.15, -0.1) is 35.7 Å². The molecule has 23 nitrogen and oxygen atoms in total. The highest BCUT2D eigenvalue weighted by Gasteiger charge is 2.24. The summed E-state index contributed by atoms with van der Waals surface area (Å²) in [4.78, 5) is 48.4. The summed E-state index contributed by atoms with van der Waals surface area (Å²) < 4.78 is 21.8. The zero-order chi connectivity index (χ0) is 105. The van der Waals surface area contributed by atoms with Crippen molar-refractivity contribution in [3.8, 4) is 107 Å². The van der Waals surface area contributed by atoms with Crippen molar-refractivity contribution in [3.05, 3.63) is 413 Å². The van der Waals surface area contributed by atoms with Crippen LogP contribution in [-0.2, 0) is 37.9 Å². The first-order valence-corrected chi connectivity index (χ1v) is 49.5. The highest BCUT2D eigenvalue weighted by molar-refractivity contribution is 6.29. The second kappa shape index (κ2) is 44.5. The van der Waals surface area contributed by atoms with E-state index in [2.05, 4.69) is 377 Å². The van der Waals surface area contributed by atoms with Crippen LogP contribution >= 0.6 is 11.6 Å². The summed E-state index contributed by atoms with van der Waals surface area (Å²) in [5, 5.41) is 38.6. The Kier molecular flexibility index (Phi) is 31.8. The van der Waals surface area contributed by atoms with Crippen molar-refractivity contribution < 1.29 is 4.39 Å². The summed E-state index contributed by atoms with van der Waals surface area (Å²) >= 11 is 5.93. The summed E-state index contributed by atoms with van der Waals surface area (Å²) in [6, 6.07) is 89.4. The maximum Gasteiger partial charge on any atom is 0.255 e. The average molecular weight is 1970 g/mol. The molecule has 8 aromatic carbocycles. The van der Waals surface area contributed by atoms with Crippen LogP contribution in [0, 0.1) is 19.7 Å². The highest BCUT2D eigenvalue weighted by atomic mass is 35.5. The number of fused-ring (bicyclic) bond motifs is 4. The largest absolute Gasteiger partial charge is 0.328 e. The number of hydrogen-bond donors (Lipinski definition) is 1. The number of nitrogens with one attached hydrogen (secondary N) is 1. The number of rotatable bonds is 10. The molecule has 0 bridgehead atoms. The molecule has 21 rings (SSSR count). The van der Waals surface area contributed by atoms with Gasteiger partial charge in [0.1, 0.15) is 28.0 Å². The lowest BCUT2D eigenvalue weighted by Gasteiger charge is -2.19. The van der Waals surface area contributed by atoms with Crippen LogP contribution in [0.2, 0.25) is 5.15 Å². The van der Waals surface area contributed by atoms with E-state index in [4.69, 9.17) is 11.6 Å². The smallest absolute Gasteiger partial charge is 0.255 e. The summed E-state index contributed by atoms with van der Waals surface area (Å²) in [5.74, 6) is 3.97. The molecule has 0 aliphatic carbocycles. The first-order valence-electron chi connectivity index (χ1n) is 49.1. The topological polar surface area (TPSA) is 270 Å². The van der Waals surface area contributed by atoms with Gasteiger partial charge in [-0.2, -0.15) is 9.61 Å². The van der Waals surface area contributed by atoms with Gasteiger partial charge >= 0.3 is 0 Å². The van der Waals surface area contributed by atoms with Crippen molar-refractivity contribution in [3.63, 3.8) is 0 Å². The fourth-order valence-electron chi connectivity index (χ4n) is 15.9. The molecular formula is C122H126ClFN22O. The number of hydrogen-bond acceptors (Lipinski definition) is 18. The van der Waals surface area contributed by atoms with Gasteiger partial charge in [0, 0.05) is 113 Å². The van der Waals surface area contributed by atoms with Crippen LogP contribution < -0.4 is 5.56 Å². The number of para-hydroxylation sites is 1. The molecule has 0 saturated heterocycles. The molecule has 21 aromatic rings. The van der Waals surface area contributed by atoms with E-state index in [9.17, 15) is 9.18 Å². The van der Waals surface area contributed by atoms with Gasteiger partial charge in [-0.05, 0) is 210 Å².